The summed E-state index contributed by atoms with van der Waals surface area (Å²) in [5.41, 5.74) is 4.86. The SMILES string of the molecule is O=C1CCC(N2C(=O)c3ccc(NC[C@H]4C[C@H](n5cc(-c6ccc(Cl)cc6)c(C6CC6)n5)C4)cc3C2=O)C(=O)N1. The van der Waals surface area contributed by atoms with Crippen molar-refractivity contribution in [2.75, 3.05) is 11.9 Å². The van der Waals surface area contributed by atoms with E-state index in [1.54, 1.807) is 18.2 Å². The Balaban J connectivity index is 0.986. The average molecular weight is 558 g/mol. The van der Waals surface area contributed by atoms with Gasteiger partial charge in [-0.3, -0.25) is 34.1 Å². The third-order valence-electron chi connectivity index (χ3n) is 8.50. The Morgan fingerprint density at radius 2 is 1.68 bits per heavy atom. The van der Waals surface area contributed by atoms with Gasteiger partial charge < -0.3 is 5.32 Å². The van der Waals surface area contributed by atoms with Gasteiger partial charge in [-0.2, -0.15) is 5.10 Å². The predicted molar refractivity (Wildman–Crippen MR) is 148 cm³/mol. The normalized spacial score (nSPS) is 24.1. The highest BCUT2D eigenvalue weighted by molar-refractivity contribution is 6.30. The zero-order valence-electron chi connectivity index (χ0n) is 21.7. The van der Waals surface area contributed by atoms with E-state index in [4.69, 9.17) is 16.7 Å². The van der Waals surface area contributed by atoms with Crippen molar-refractivity contribution in [1.82, 2.24) is 20.0 Å². The van der Waals surface area contributed by atoms with Gasteiger partial charge in [-0.25, -0.2) is 0 Å². The lowest BCUT2D eigenvalue weighted by Gasteiger charge is -2.35. The van der Waals surface area contributed by atoms with Crippen LogP contribution in [0.25, 0.3) is 11.1 Å². The molecule has 1 atom stereocenters. The van der Waals surface area contributed by atoms with Gasteiger partial charge in [0.15, 0.2) is 0 Å². The van der Waals surface area contributed by atoms with E-state index in [0.717, 1.165) is 40.6 Å². The van der Waals surface area contributed by atoms with Gasteiger partial charge in [-0.15, -0.1) is 0 Å². The number of aromatic nitrogens is 2. The zero-order chi connectivity index (χ0) is 27.5. The minimum atomic E-state index is -0.962. The molecule has 7 rings (SSSR count). The average Bonchev–Trinajstić information content (AvgIpc) is 3.63. The summed E-state index contributed by atoms with van der Waals surface area (Å²) in [5, 5.41) is 11.4. The first kappa shape index (κ1) is 25.0. The number of nitrogens with one attached hydrogen (secondary N) is 2. The number of rotatable bonds is 7. The van der Waals surface area contributed by atoms with E-state index < -0.39 is 23.8 Å². The van der Waals surface area contributed by atoms with Gasteiger partial charge >= 0.3 is 0 Å². The fraction of sp³-hybridized carbons (Fsp3) is 0.367. The van der Waals surface area contributed by atoms with Crippen molar-refractivity contribution < 1.29 is 19.2 Å². The molecule has 1 aromatic heterocycles. The Morgan fingerprint density at radius 3 is 2.40 bits per heavy atom. The molecule has 10 heteroatoms. The maximum Gasteiger partial charge on any atom is 0.262 e. The summed E-state index contributed by atoms with van der Waals surface area (Å²) in [6, 6.07) is 12.5. The highest BCUT2D eigenvalue weighted by atomic mass is 35.5. The van der Waals surface area contributed by atoms with Gasteiger partial charge in [0.2, 0.25) is 11.8 Å². The summed E-state index contributed by atoms with van der Waals surface area (Å²) in [7, 11) is 0. The maximum atomic E-state index is 13.1. The van der Waals surface area contributed by atoms with Crippen LogP contribution in [0.5, 0.6) is 0 Å². The Kier molecular flexibility index (Phi) is 6.00. The highest BCUT2D eigenvalue weighted by Crippen LogP contribution is 2.46. The van der Waals surface area contributed by atoms with Crippen LogP contribution in [0.15, 0.2) is 48.7 Å². The number of piperidine rings is 1. The first-order chi connectivity index (χ1) is 19.4. The second kappa shape index (κ2) is 9.59. The lowest BCUT2D eigenvalue weighted by Crippen LogP contribution is -2.54. The highest BCUT2D eigenvalue weighted by Gasteiger charge is 2.44. The maximum absolute atomic E-state index is 13.1. The van der Waals surface area contributed by atoms with Crippen molar-refractivity contribution in [3.8, 4) is 11.1 Å². The molecule has 2 N–H and O–H groups in total. The van der Waals surface area contributed by atoms with Crippen LogP contribution in [0.2, 0.25) is 5.02 Å². The van der Waals surface area contributed by atoms with Crippen molar-refractivity contribution in [3.63, 3.8) is 0 Å². The molecule has 0 radical (unpaired) electrons. The van der Waals surface area contributed by atoms with Gasteiger partial charge in [0.05, 0.1) is 22.9 Å². The van der Waals surface area contributed by atoms with Gasteiger partial charge in [-0.1, -0.05) is 23.7 Å². The third-order valence-corrected chi connectivity index (χ3v) is 8.75. The lowest BCUT2D eigenvalue weighted by molar-refractivity contribution is -0.136. The number of hydrogen-bond donors (Lipinski definition) is 2. The van der Waals surface area contributed by atoms with Crippen LogP contribution in [0, 0.1) is 5.92 Å². The number of imide groups is 2. The smallest absolute Gasteiger partial charge is 0.262 e. The summed E-state index contributed by atoms with van der Waals surface area (Å²) >= 11 is 6.10. The molecule has 4 aliphatic rings. The standard InChI is InChI=1S/C30H28ClN5O4/c31-19-5-3-17(4-6-19)24-15-35(34-27(24)18-1-2-18)21-11-16(12-21)14-32-20-7-8-22-23(13-20)30(40)36(29(22)39)25-9-10-26(37)33-28(25)38/h3-8,13,15-16,18,21,25,32H,1-2,9-12,14H2,(H,33,37,38)/t16-,21-,25?. The van der Waals surface area contributed by atoms with E-state index in [-0.39, 0.29) is 29.9 Å². The quantitative estimate of drug-likeness (QED) is 0.412. The second-order valence-corrected chi connectivity index (χ2v) is 11.7. The van der Waals surface area contributed by atoms with Crippen LogP contribution in [0.1, 0.15) is 76.9 Å². The third kappa shape index (κ3) is 4.38. The van der Waals surface area contributed by atoms with Crippen molar-refractivity contribution in [3.05, 3.63) is 70.5 Å². The van der Waals surface area contributed by atoms with Gasteiger partial charge in [0, 0.05) is 41.4 Å². The van der Waals surface area contributed by atoms with E-state index in [1.165, 1.54) is 24.1 Å². The van der Waals surface area contributed by atoms with E-state index in [9.17, 15) is 19.2 Å². The monoisotopic (exact) mass is 557 g/mol. The largest absolute Gasteiger partial charge is 0.385 e. The van der Waals surface area contributed by atoms with Crippen LogP contribution in [-0.2, 0) is 9.59 Å². The first-order valence-corrected chi connectivity index (χ1v) is 14.2. The number of amides is 4. The minimum absolute atomic E-state index is 0.0991. The summed E-state index contributed by atoms with van der Waals surface area (Å²) in [6.45, 7) is 0.745. The summed E-state index contributed by atoms with van der Waals surface area (Å²) in [5.74, 6) is -0.979. The van der Waals surface area contributed by atoms with Gasteiger partial charge in [0.1, 0.15) is 6.04 Å². The molecule has 1 unspecified atom stereocenters. The minimum Gasteiger partial charge on any atom is -0.385 e. The molecule has 2 saturated carbocycles. The second-order valence-electron chi connectivity index (χ2n) is 11.3. The number of hydrogen-bond acceptors (Lipinski definition) is 6. The number of carbonyl (C=O) groups is 4. The predicted octanol–water partition coefficient (Wildman–Crippen LogP) is 4.55. The molecule has 3 heterocycles. The Morgan fingerprint density at radius 1 is 0.925 bits per heavy atom. The number of benzene rings is 2. The molecule has 204 valence electrons. The number of anilines is 1. The molecular formula is C30H28ClN5O4. The molecule has 40 heavy (non-hydrogen) atoms. The van der Waals surface area contributed by atoms with E-state index >= 15 is 0 Å². The Hall–Kier alpha value is -3.98. The molecule has 2 aromatic carbocycles. The fourth-order valence-corrected chi connectivity index (χ4v) is 6.16. The summed E-state index contributed by atoms with van der Waals surface area (Å²) in [4.78, 5) is 50.8. The van der Waals surface area contributed by atoms with Crippen molar-refractivity contribution in [2.24, 2.45) is 5.92 Å². The number of nitrogens with zero attached hydrogens (tertiary/aromatic N) is 3. The van der Waals surface area contributed by atoms with Crippen molar-refractivity contribution >= 4 is 40.9 Å². The summed E-state index contributed by atoms with van der Waals surface area (Å²) < 4.78 is 2.14. The number of carbonyl (C=O) groups excluding carboxylic acids is 4. The molecule has 9 nitrogen and oxygen atoms in total. The molecule has 0 spiro atoms. The Bertz CT molecular complexity index is 1550. The van der Waals surface area contributed by atoms with Gasteiger partial charge in [0.25, 0.3) is 11.8 Å². The summed E-state index contributed by atoms with van der Waals surface area (Å²) in [6.07, 6.45) is 6.81. The first-order valence-electron chi connectivity index (χ1n) is 13.8. The topological polar surface area (TPSA) is 113 Å². The molecule has 3 fully saturated rings. The molecule has 2 aliphatic carbocycles. The van der Waals surface area contributed by atoms with Crippen molar-refractivity contribution in [2.45, 2.75) is 56.5 Å². The van der Waals surface area contributed by atoms with E-state index in [0.29, 0.717) is 17.9 Å². The number of halogens is 1. The molecule has 4 amide bonds. The lowest BCUT2D eigenvalue weighted by atomic mass is 9.80. The zero-order valence-corrected chi connectivity index (χ0v) is 22.5. The molecule has 0 bridgehead atoms. The van der Waals surface area contributed by atoms with Crippen LogP contribution in [0.4, 0.5) is 5.69 Å². The fourth-order valence-electron chi connectivity index (χ4n) is 6.03. The van der Waals surface area contributed by atoms with Crippen LogP contribution in [-0.4, -0.2) is 50.9 Å². The molecule has 3 aromatic rings. The van der Waals surface area contributed by atoms with Gasteiger partial charge in [-0.05, 0) is 73.9 Å². The van der Waals surface area contributed by atoms with E-state index in [1.807, 2.05) is 12.1 Å². The molecular weight excluding hydrogens is 530 g/mol. The van der Waals surface area contributed by atoms with E-state index in [2.05, 4.69) is 33.6 Å². The van der Waals surface area contributed by atoms with Crippen molar-refractivity contribution in [1.29, 1.82) is 0 Å². The number of fused-ring (bicyclic) bond motifs is 1. The molecule has 2 aliphatic heterocycles. The van der Waals surface area contributed by atoms with Crippen LogP contribution < -0.4 is 10.6 Å². The Labute approximate surface area is 235 Å². The van der Waals surface area contributed by atoms with Crippen LogP contribution in [0.3, 0.4) is 0 Å². The van der Waals surface area contributed by atoms with Crippen LogP contribution >= 0.6 is 11.6 Å². The molecule has 1 saturated heterocycles.